The van der Waals surface area contributed by atoms with Crippen LogP contribution in [0, 0.1) is 17.2 Å². The Labute approximate surface area is 151 Å². The number of halogens is 1. The van der Waals surface area contributed by atoms with E-state index >= 15 is 0 Å². The molecule has 126 valence electrons. The summed E-state index contributed by atoms with van der Waals surface area (Å²) in [6.07, 6.45) is 4.10. The molecule has 0 aromatic carbocycles. The molecule has 0 bridgehead atoms. The number of hydrogen-bond donors (Lipinski definition) is 0. The highest BCUT2D eigenvalue weighted by atomic mass is 35.5. The van der Waals surface area contributed by atoms with Crippen molar-refractivity contribution in [3.8, 4) is 6.07 Å². The van der Waals surface area contributed by atoms with Crippen LogP contribution < -0.4 is 9.80 Å². The van der Waals surface area contributed by atoms with Gasteiger partial charge in [-0.25, -0.2) is 4.98 Å². The van der Waals surface area contributed by atoms with E-state index in [0.29, 0.717) is 16.6 Å². The Kier molecular flexibility index (Phi) is 5.54. The third-order valence-electron chi connectivity index (χ3n) is 4.48. The van der Waals surface area contributed by atoms with Crippen molar-refractivity contribution in [3.05, 3.63) is 35.1 Å². The first-order valence-electron chi connectivity index (χ1n) is 8.19. The highest BCUT2D eigenvalue weighted by Gasteiger charge is 2.24. The van der Waals surface area contributed by atoms with Gasteiger partial charge >= 0.3 is 0 Å². The Morgan fingerprint density at radius 2 is 2.21 bits per heavy atom. The predicted molar refractivity (Wildman–Crippen MR) is 98.9 cm³/mol. The third kappa shape index (κ3) is 3.63. The molecule has 0 aliphatic carbocycles. The molecule has 3 rings (SSSR count). The van der Waals surface area contributed by atoms with Crippen molar-refractivity contribution in [1.29, 1.82) is 5.26 Å². The number of aromatic nitrogens is 2. The minimum Gasteiger partial charge on any atom is -0.361 e. The average molecular weight is 362 g/mol. The zero-order valence-electron chi connectivity index (χ0n) is 13.7. The summed E-state index contributed by atoms with van der Waals surface area (Å²) in [6.45, 7) is 5.95. The topological polar surface area (TPSA) is 56.1 Å². The van der Waals surface area contributed by atoms with E-state index in [0.717, 1.165) is 49.8 Å². The summed E-state index contributed by atoms with van der Waals surface area (Å²) in [6, 6.07) is 8.23. The number of nitriles is 1. The van der Waals surface area contributed by atoms with Crippen LogP contribution in [0.15, 0.2) is 24.4 Å². The molecule has 0 saturated carbocycles. The number of anilines is 2. The molecule has 2 aromatic heterocycles. The summed E-state index contributed by atoms with van der Waals surface area (Å²) in [5.74, 6) is 1.67. The van der Waals surface area contributed by atoms with Crippen molar-refractivity contribution in [2.45, 2.75) is 19.8 Å². The van der Waals surface area contributed by atoms with Crippen molar-refractivity contribution < 1.29 is 0 Å². The molecule has 0 N–H and O–H groups in total. The summed E-state index contributed by atoms with van der Waals surface area (Å²) in [5, 5.41) is 10.5. The molecular weight excluding hydrogens is 342 g/mol. The molecule has 1 saturated heterocycles. The smallest absolute Gasteiger partial charge is 0.162 e. The van der Waals surface area contributed by atoms with Crippen LogP contribution in [0.2, 0.25) is 5.15 Å². The Hall–Kier alpha value is -1.84. The number of hydrogen-bond acceptors (Lipinski definition) is 6. The molecule has 2 aromatic rings. The van der Waals surface area contributed by atoms with Gasteiger partial charge in [0.05, 0.1) is 0 Å². The summed E-state index contributed by atoms with van der Waals surface area (Å²) >= 11 is 7.33. The molecule has 1 aliphatic heterocycles. The van der Waals surface area contributed by atoms with Crippen molar-refractivity contribution in [3.63, 3.8) is 0 Å². The molecule has 1 fully saturated rings. The number of piperidine rings is 1. The lowest BCUT2D eigenvalue weighted by atomic mass is 9.96. The van der Waals surface area contributed by atoms with E-state index in [4.69, 9.17) is 11.6 Å². The second kappa shape index (κ2) is 7.82. The fourth-order valence-corrected chi connectivity index (χ4v) is 4.23. The zero-order chi connectivity index (χ0) is 16.9. The highest BCUT2D eigenvalue weighted by Crippen LogP contribution is 2.32. The van der Waals surface area contributed by atoms with Crippen LogP contribution in [-0.2, 0) is 0 Å². The molecule has 24 heavy (non-hydrogen) atoms. The summed E-state index contributed by atoms with van der Waals surface area (Å²) in [5.41, 5.74) is 0.509. The molecule has 0 amide bonds. The van der Waals surface area contributed by atoms with Gasteiger partial charge in [0.15, 0.2) is 5.15 Å². The molecule has 1 aliphatic rings. The SMILES string of the molecule is CCN(CC1CCN(c2ccccn2)CC1)c1snc(Cl)c1C#N. The second-order valence-corrected chi connectivity index (χ2v) is 7.03. The highest BCUT2D eigenvalue weighted by molar-refractivity contribution is 7.10. The first-order valence-corrected chi connectivity index (χ1v) is 9.34. The van der Waals surface area contributed by atoms with Gasteiger partial charge in [-0.3, -0.25) is 0 Å². The maximum atomic E-state index is 9.29. The summed E-state index contributed by atoms with van der Waals surface area (Å²) in [4.78, 5) is 9.02. The van der Waals surface area contributed by atoms with E-state index < -0.39 is 0 Å². The number of pyridine rings is 1. The van der Waals surface area contributed by atoms with Gasteiger partial charge in [0, 0.05) is 32.4 Å². The summed E-state index contributed by atoms with van der Waals surface area (Å²) < 4.78 is 4.13. The van der Waals surface area contributed by atoms with Crippen LogP contribution >= 0.6 is 23.1 Å². The molecular formula is C17H20ClN5S. The Balaban J connectivity index is 1.61. The van der Waals surface area contributed by atoms with Crippen molar-refractivity contribution in [2.24, 2.45) is 5.92 Å². The van der Waals surface area contributed by atoms with E-state index in [-0.39, 0.29) is 0 Å². The lowest BCUT2D eigenvalue weighted by Crippen LogP contribution is -2.39. The predicted octanol–water partition coefficient (Wildman–Crippen LogP) is 3.81. The first-order chi connectivity index (χ1) is 11.7. The number of rotatable bonds is 5. The fraction of sp³-hybridized carbons (Fsp3) is 0.471. The first kappa shape index (κ1) is 17.0. The Bertz CT molecular complexity index is 704. The van der Waals surface area contributed by atoms with Gasteiger partial charge in [-0.05, 0) is 49.3 Å². The van der Waals surface area contributed by atoms with E-state index in [1.165, 1.54) is 11.5 Å². The van der Waals surface area contributed by atoms with E-state index in [1.54, 1.807) is 0 Å². The average Bonchev–Trinajstić information content (AvgIpc) is 3.01. The normalized spacial score (nSPS) is 15.3. The van der Waals surface area contributed by atoms with E-state index in [2.05, 4.69) is 38.2 Å². The molecule has 5 nitrogen and oxygen atoms in total. The molecule has 3 heterocycles. The fourth-order valence-electron chi connectivity index (χ4n) is 3.13. The van der Waals surface area contributed by atoms with Gasteiger partial charge in [-0.15, -0.1) is 0 Å². The van der Waals surface area contributed by atoms with Crippen LogP contribution in [0.4, 0.5) is 10.8 Å². The molecule has 0 radical (unpaired) electrons. The molecule has 0 unspecified atom stereocenters. The largest absolute Gasteiger partial charge is 0.361 e. The lowest BCUT2D eigenvalue weighted by Gasteiger charge is -2.35. The molecule has 0 atom stereocenters. The second-order valence-electron chi connectivity index (χ2n) is 5.92. The zero-order valence-corrected chi connectivity index (χ0v) is 15.2. The van der Waals surface area contributed by atoms with Crippen molar-refractivity contribution >= 4 is 34.0 Å². The Morgan fingerprint density at radius 1 is 1.42 bits per heavy atom. The number of nitrogens with zero attached hydrogens (tertiary/aromatic N) is 5. The van der Waals surface area contributed by atoms with Crippen molar-refractivity contribution in [1.82, 2.24) is 9.36 Å². The Morgan fingerprint density at radius 3 is 2.83 bits per heavy atom. The van der Waals surface area contributed by atoms with Crippen LogP contribution in [0.5, 0.6) is 0 Å². The molecule has 7 heteroatoms. The van der Waals surface area contributed by atoms with Gasteiger partial charge in [0.1, 0.15) is 22.5 Å². The van der Waals surface area contributed by atoms with Crippen molar-refractivity contribution in [2.75, 3.05) is 36.0 Å². The minimum absolute atomic E-state index is 0.320. The van der Waals surface area contributed by atoms with Gasteiger partial charge in [0.2, 0.25) is 0 Å². The standard InChI is InChI=1S/C17H20ClN5S/c1-2-22(17-14(11-19)16(18)21-24-17)12-13-6-9-23(10-7-13)15-5-3-4-8-20-15/h3-5,8,13H,2,6-7,9-10,12H2,1H3. The van der Waals surface area contributed by atoms with Crippen LogP contribution in [0.1, 0.15) is 25.3 Å². The third-order valence-corrected chi connectivity index (χ3v) is 5.76. The van der Waals surface area contributed by atoms with Crippen LogP contribution in [0.3, 0.4) is 0 Å². The maximum Gasteiger partial charge on any atom is 0.162 e. The van der Waals surface area contributed by atoms with Gasteiger partial charge < -0.3 is 9.80 Å². The van der Waals surface area contributed by atoms with E-state index in [9.17, 15) is 5.26 Å². The maximum absolute atomic E-state index is 9.29. The van der Waals surface area contributed by atoms with Gasteiger partial charge in [-0.2, -0.15) is 9.64 Å². The van der Waals surface area contributed by atoms with Crippen LogP contribution in [0.25, 0.3) is 0 Å². The minimum atomic E-state index is 0.320. The monoisotopic (exact) mass is 361 g/mol. The van der Waals surface area contributed by atoms with Gasteiger partial charge in [-0.1, -0.05) is 17.7 Å². The van der Waals surface area contributed by atoms with Crippen LogP contribution in [-0.4, -0.2) is 35.5 Å². The van der Waals surface area contributed by atoms with Gasteiger partial charge in [0.25, 0.3) is 0 Å². The quantitative estimate of drug-likeness (QED) is 0.810. The summed E-state index contributed by atoms with van der Waals surface area (Å²) in [7, 11) is 0. The lowest BCUT2D eigenvalue weighted by molar-refractivity contribution is 0.404. The molecule has 0 spiro atoms. The van der Waals surface area contributed by atoms with E-state index in [1.807, 2.05) is 18.3 Å².